The van der Waals surface area contributed by atoms with Crippen molar-refractivity contribution in [3.05, 3.63) is 234 Å². The predicted molar refractivity (Wildman–Crippen MR) is 301 cm³/mol. The van der Waals surface area contributed by atoms with E-state index in [4.69, 9.17) is 37.6 Å². The molecular weight excluding hydrogens is 981 g/mol. The van der Waals surface area contributed by atoms with Gasteiger partial charge >= 0.3 is 5.82 Å². The van der Waals surface area contributed by atoms with E-state index in [1.54, 1.807) is 41.9 Å². The lowest BCUT2D eigenvalue weighted by atomic mass is 10.1. The maximum atomic E-state index is 10.5. The molecule has 0 aliphatic carbocycles. The zero-order valence-electron chi connectivity index (χ0n) is 40.2. The Morgan fingerprint density at radius 1 is 0.434 bits per heavy atom. The number of para-hydroxylation sites is 12. The number of hydrogen-bond acceptors (Lipinski definition) is 14. The Kier molecular flexibility index (Phi) is 20.8. The van der Waals surface area contributed by atoms with E-state index in [0.717, 1.165) is 76.3 Å². The van der Waals surface area contributed by atoms with Gasteiger partial charge in [-0.3, -0.25) is 0 Å². The van der Waals surface area contributed by atoms with Gasteiger partial charge in [-0.1, -0.05) is 130 Å². The quantitative estimate of drug-likeness (QED) is 0.154. The molecule has 8 aromatic carbocycles. The summed E-state index contributed by atoms with van der Waals surface area (Å²) in [4.78, 5) is 14.6. The molecule has 16 rings (SSSR count). The van der Waals surface area contributed by atoms with Crippen molar-refractivity contribution >= 4 is 49.4 Å². The number of nitrogens with one attached hydrogen (secondary N) is 1. The number of benzene rings is 8. The molecule has 13 nitrogen and oxygen atoms in total. The van der Waals surface area contributed by atoms with Crippen LogP contribution in [0.1, 0.15) is 32.4 Å². The second kappa shape index (κ2) is 28.9. The third-order valence-corrected chi connectivity index (χ3v) is 12.0. The van der Waals surface area contributed by atoms with Crippen LogP contribution in [0.15, 0.2) is 230 Å². The third kappa shape index (κ3) is 15.7. The second-order valence-corrected chi connectivity index (χ2v) is 17.0. The van der Waals surface area contributed by atoms with Crippen LogP contribution in [0.4, 0.5) is 5.69 Å². The molecule has 0 spiro atoms. The number of ether oxygens (including phenoxy) is 7. The number of furan rings is 1. The Morgan fingerprint density at radius 3 is 1.42 bits per heavy atom. The van der Waals surface area contributed by atoms with Crippen molar-refractivity contribution in [1.29, 1.82) is 0 Å². The van der Waals surface area contributed by atoms with Crippen LogP contribution in [0, 0.1) is 0 Å². The minimum Gasteiger partial charge on any atom is -0.493 e. The van der Waals surface area contributed by atoms with Crippen LogP contribution in [-0.2, 0) is 12.8 Å². The Bertz CT molecular complexity index is 3030. The fraction of sp³-hybridized carbons (Fsp3) is 0.161. The van der Waals surface area contributed by atoms with Gasteiger partial charge in [0.25, 0.3) is 0 Å². The van der Waals surface area contributed by atoms with Gasteiger partial charge in [0, 0.05) is 17.6 Å². The van der Waals surface area contributed by atoms with Crippen molar-refractivity contribution in [2.24, 2.45) is 0 Å². The van der Waals surface area contributed by atoms with E-state index in [2.05, 4.69) is 61.6 Å². The van der Waals surface area contributed by atoms with Gasteiger partial charge in [-0.05, 0) is 115 Å². The number of hydrogen-bond donors (Lipinski definition) is 1. The molecular formula is C62H60N2O11S. The van der Waals surface area contributed by atoms with Gasteiger partial charge in [-0.25, -0.2) is 9.78 Å². The van der Waals surface area contributed by atoms with Gasteiger partial charge in [0.1, 0.15) is 11.3 Å². The fourth-order valence-corrected chi connectivity index (χ4v) is 8.28. The first kappa shape index (κ1) is 54.6. The van der Waals surface area contributed by atoms with Gasteiger partial charge < -0.3 is 51.7 Å². The second-order valence-electron chi connectivity index (χ2n) is 16.1. The summed E-state index contributed by atoms with van der Waals surface area (Å²) in [6.07, 6.45) is 5.23. The van der Waals surface area contributed by atoms with E-state index in [1.165, 1.54) is 34.4 Å². The molecule has 0 bridgehead atoms. The molecule has 3 aromatic heterocycles. The lowest BCUT2D eigenvalue weighted by Gasteiger charge is -2.15. The lowest BCUT2D eigenvalue weighted by molar-refractivity contribution is 0.173. The Balaban J connectivity index is 0.000000126. The molecule has 11 aromatic rings. The monoisotopic (exact) mass is 1040 g/mol. The largest absolute Gasteiger partial charge is 0.519 e. The first-order valence-electron chi connectivity index (χ1n) is 23.9. The molecule has 0 amide bonds. The Morgan fingerprint density at radius 2 is 0.895 bits per heavy atom. The fourth-order valence-electron chi connectivity index (χ4n) is 7.60. The summed E-state index contributed by atoms with van der Waals surface area (Å²) in [6.45, 7) is 3.08. The molecule has 76 heavy (non-hydrogen) atoms. The van der Waals surface area contributed by atoms with Gasteiger partial charge in [0.15, 0.2) is 45.7 Å². The first-order chi connectivity index (χ1) is 36.6. The highest BCUT2D eigenvalue weighted by Gasteiger charge is 2.12. The highest BCUT2D eigenvalue weighted by molar-refractivity contribution is 7.16. The molecule has 8 heterocycles. The van der Waals surface area contributed by atoms with E-state index in [1.807, 2.05) is 139 Å². The van der Waals surface area contributed by atoms with Crippen LogP contribution in [0.2, 0.25) is 0 Å². The van der Waals surface area contributed by atoms with E-state index in [0.29, 0.717) is 31.5 Å². The molecule has 5 aliphatic rings. The molecule has 0 saturated heterocycles. The molecule has 1 N–H and O–H groups in total. The van der Waals surface area contributed by atoms with E-state index in [-0.39, 0.29) is 14.9 Å². The smallest absolute Gasteiger partial charge is 0.493 e. The normalized spacial score (nSPS) is 12.5. The van der Waals surface area contributed by atoms with Gasteiger partial charge in [0.05, 0.1) is 28.6 Å². The maximum absolute atomic E-state index is 10.5. The van der Waals surface area contributed by atoms with Crippen molar-refractivity contribution in [1.82, 2.24) is 4.98 Å². The van der Waals surface area contributed by atoms with Crippen LogP contribution in [0.5, 0.6) is 40.2 Å². The molecule has 0 atom stereocenters. The molecule has 390 valence electrons. The van der Waals surface area contributed by atoms with E-state index in [9.17, 15) is 4.79 Å². The van der Waals surface area contributed by atoms with Crippen LogP contribution in [0.25, 0.3) is 32.4 Å². The minimum absolute atomic E-state index is 0. The Hall–Kier alpha value is -9.14. The lowest BCUT2D eigenvalue weighted by Crippen LogP contribution is -2.07. The molecule has 0 saturated carbocycles. The van der Waals surface area contributed by atoms with Crippen LogP contribution in [-0.4, -0.2) is 38.5 Å². The van der Waals surface area contributed by atoms with Gasteiger partial charge in [0.2, 0.25) is 20.4 Å². The van der Waals surface area contributed by atoms with Crippen molar-refractivity contribution in [2.45, 2.75) is 34.1 Å². The van der Waals surface area contributed by atoms with Crippen LogP contribution >= 0.6 is 11.3 Å². The number of aryl methyl sites for hydroxylation is 1. The minimum atomic E-state index is -0.652. The number of anilines is 1. The number of rotatable bonds is 0. The summed E-state index contributed by atoms with van der Waals surface area (Å²) in [5.74, 6) is 5.50. The third-order valence-electron chi connectivity index (χ3n) is 11.2. The highest BCUT2D eigenvalue weighted by Crippen LogP contribution is 2.32. The molecule has 14 heteroatoms. The van der Waals surface area contributed by atoms with Crippen LogP contribution < -0.4 is 44.3 Å². The van der Waals surface area contributed by atoms with Crippen molar-refractivity contribution < 1.29 is 46.4 Å². The molecule has 0 fully saturated rings. The highest BCUT2D eigenvalue weighted by atomic mass is 32.1. The predicted octanol–water partition coefficient (Wildman–Crippen LogP) is 15.3. The topological polar surface area (TPSA) is 146 Å². The summed E-state index contributed by atoms with van der Waals surface area (Å²) >= 11 is 1.68. The van der Waals surface area contributed by atoms with E-state index < -0.39 is 5.82 Å². The zero-order valence-corrected chi connectivity index (χ0v) is 41.0. The number of aromatic nitrogens is 1. The average Bonchev–Trinajstić information content (AvgIpc) is 4.33. The van der Waals surface area contributed by atoms with E-state index >= 15 is 0 Å². The Labute approximate surface area is 445 Å². The zero-order chi connectivity index (χ0) is 50.4. The summed E-state index contributed by atoms with van der Waals surface area (Å²) in [6, 6.07) is 64.5. The van der Waals surface area contributed by atoms with Crippen LogP contribution in [0.3, 0.4) is 0 Å². The summed E-state index contributed by atoms with van der Waals surface area (Å²) in [5, 5.41) is 4.46. The SMILES string of the molecule is C.C.O=c1oc2ccccc2o1.c1ccc2c(c1)CCCO2.c1ccc2c(c1)CCN2.c1ccc2c(c1)OCO2.c1ccc2c(c1)OCO2.c1ccc2c(c1)OCO2.c1ccc2occc2c1.c1ccc2scnc2c1. The van der Waals surface area contributed by atoms with Crippen molar-refractivity contribution in [3.63, 3.8) is 0 Å². The first-order valence-corrected chi connectivity index (χ1v) is 24.8. The number of thiazole rings is 1. The van der Waals surface area contributed by atoms with Crippen molar-refractivity contribution in [2.75, 3.05) is 38.8 Å². The van der Waals surface area contributed by atoms with Crippen molar-refractivity contribution in [3.8, 4) is 40.2 Å². The number of nitrogens with zero attached hydrogens (tertiary/aromatic N) is 1. The maximum Gasteiger partial charge on any atom is 0.519 e. The summed E-state index contributed by atoms with van der Waals surface area (Å²) in [5.41, 5.74) is 9.04. The molecule has 5 aliphatic heterocycles. The summed E-state index contributed by atoms with van der Waals surface area (Å²) < 4.78 is 51.6. The average molecular weight is 1040 g/mol. The summed E-state index contributed by atoms with van der Waals surface area (Å²) in [7, 11) is 0. The van der Waals surface area contributed by atoms with Gasteiger partial charge in [-0.2, -0.15) is 0 Å². The molecule has 0 radical (unpaired) electrons. The number of fused-ring (bicyclic) bond motifs is 8. The standard InChI is InChI=1S/C9H10O.C8H9N.C8H6O.C7H5NS.C7H4O3.3C7H6O2.2CH4/c1-2-6-9-8(4-1)5-3-7-10-9;2*1-2-4-8-7(3-1)5-6-9-8;1-2-4-7-6(3-1)8-5-9-7;8-7-9-5-3-1-2-4-6(5)10-7;3*1-2-4-7-6(3-1)8-5-9-7;;/h1-2,4,6H,3,5,7H2;1-4,9H,5-6H2;1-6H;1-5H;1-4H;3*1-4H,5H2;2*1H4. The molecule has 0 unspecified atom stereocenters. The van der Waals surface area contributed by atoms with Gasteiger partial charge in [-0.15, -0.1) is 11.3 Å².